The number of halogens is 2. The van der Waals surface area contributed by atoms with E-state index in [0.29, 0.717) is 11.3 Å². The minimum absolute atomic E-state index is 0.0715. The van der Waals surface area contributed by atoms with Gasteiger partial charge in [0.1, 0.15) is 17.3 Å². The Balaban J connectivity index is 1.76. The Morgan fingerprint density at radius 2 is 1.77 bits per heavy atom. The number of amides is 2. The summed E-state index contributed by atoms with van der Waals surface area (Å²) in [7, 11) is 0. The lowest BCUT2D eigenvalue weighted by Crippen LogP contribution is -2.28. The van der Waals surface area contributed by atoms with Gasteiger partial charge in [-0.15, -0.1) is 0 Å². The third-order valence-corrected chi connectivity index (χ3v) is 4.27. The van der Waals surface area contributed by atoms with Crippen LogP contribution in [-0.4, -0.2) is 24.1 Å². The van der Waals surface area contributed by atoms with Crippen molar-refractivity contribution in [1.82, 2.24) is 0 Å². The Kier molecular flexibility index (Phi) is 4.79. The van der Waals surface area contributed by atoms with E-state index in [1.807, 2.05) is 0 Å². The number of rotatable bonds is 4. The van der Waals surface area contributed by atoms with Crippen molar-refractivity contribution in [2.45, 2.75) is 13.3 Å². The Bertz CT molecular complexity index is 878. The highest BCUT2D eigenvalue weighted by Crippen LogP contribution is 2.27. The van der Waals surface area contributed by atoms with Gasteiger partial charge in [-0.3, -0.25) is 14.4 Å². The van der Waals surface area contributed by atoms with Crippen molar-refractivity contribution in [3.05, 3.63) is 59.7 Å². The number of anilines is 2. The molecular formula is C19H16F2N2O3. The van der Waals surface area contributed by atoms with E-state index >= 15 is 0 Å². The molecule has 1 N–H and O–H groups in total. The molecule has 26 heavy (non-hydrogen) atoms. The van der Waals surface area contributed by atoms with Gasteiger partial charge in [0.15, 0.2) is 5.78 Å². The second-order valence-corrected chi connectivity index (χ2v) is 6.10. The fourth-order valence-corrected chi connectivity index (χ4v) is 2.87. The molecule has 0 radical (unpaired) electrons. The standard InChI is InChI=1S/C19H16F2N2O3/c1-11(24)12-4-2-5-14(8-12)23-10-13(9-17(23)25)19(26)22-18-15(20)6-3-7-16(18)21/h2-8,13H,9-10H2,1H3,(H,22,26). The molecule has 1 saturated heterocycles. The van der Waals surface area contributed by atoms with Crippen molar-refractivity contribution >= 4 is 29.0 Å². The molecule has 0 aliphatic carbocycles. The molecular weight excluding hydrogens is 342 g/mol. The number of nitrogens with one attached hydrogen (secondary N) is 1. The number of Topliss-reactive ketones (excluding diaryl/α,β-unsaturated/α-hetero) is 1. The third kappa shape index (κ3) is 3.46. The molecule has 0 spiro atoms. The summed E-state index contributed by atoms with van der Waals surface area (Å²) in [5.74, 6) is -3.57. The van der Waals surface area contributed by atoms with Crippen molar-refractivity contribution in [3.63, 3.8) is 0 Å². The Morgan fingerprint density at radius 1 is 1.12 bits per heavy atom. The zero-order valence-corrected chi connectivity index (χ0v) is 14.0. The second-order valence-electron chi connectivity index (χ2n) is 6.10. The highest BCUT2D eigenvalue weighted by Gasteiger charge is 2.35. The van der Waals surface area contributed by atoms with Crippen molar-refractivity contribution in [1.29, 1.82) is 0 Å². The zero-order chi connectivity index (χ0) is 18.8. The van der Waals surface area contributed by atoms with Gasteiger partial charge in [-0.25, -0.2) is 8.78 Å². The molecule has 1 fully saturated rings. The molecule has 1 aliphatic rings. The number of hydrogen-bond acceptors (Lipinski definition) is 3. The molecule has 134 valence electrons. The number of nitrogens with zero attached hydrogens (tertiary/aromatic N) is 1. The van der Waals surface area contributed by atoms with Gasteiger partial charge in [0.2, 0.25) is 11.8 Å². The first-order valence-electron chi connectivity index (χ1n) is 8.03. The molecule has 1 aliphatic heterocycles. The van der Waals surface area contributed by atoms with Gasteiger partial charge in [0.25, 0.3) is 0 Å². The number of carbonyl (C=O) groups is 3. The molecule has 1 unspecified atom stereocenters. The minimum Gasteiger partial charge on any atom is -0.321 e. The van der Waals surface area contributed by atoms with Gasteiger partial charge in [-0.2, -0.15) is 0 Å². The topological polar surface area (TPSA) is 66.5 Å². The highest BCUT2D eigenvalue weighted by atomic mass is 19.1. The van der Waals surface area contributed by atoms with E-state index in [4.69, 9.17) is 0 Å². The van der Waals surface area contributed by atoms with Crippen molar-refractivity contribution in [2.75, 3.05) is 16.8 Å². The number of ketones is 1. The third-order valence-electron chi connectivity index (χ3n) is 4.27. The predicted molar refractivity (Wildman–Crippen MR) is 91.9 cm³/mol. The maximum atomic E-state index is 13.7. The smallest absolute Gasteiger partial charge is 0.229 e. The lowest BCUT2D eigenvalue weighted by atomic mass is 10.1. The van der Waals surface area contributed by atoms with Crippen LogP contribution in [0.3, 0.4) is 0 Å². The summed E-state index contributed by atoms with van der Waals surface area (Å²) in [4.78, 5) is 37.5. The van der Waals surface area contributed by atoms with Crippen LogP contribution in [0, 0.1) is 17.6 Å². The van der Waals surface area contributed by atoms with Crippen molar-refractivity contribution in [3.8, 4) is 0 Å². The number of para-hydroxylation sites is 1. The number of benzene rings is 2. The van der Waals surface area contributed by atoms with Gasteiger partial charge < -0.3 is 10.2 Å². The van der Waals surface area contributed by atoms with Crippen LogP contribution in [0.2, 0.25) is 0 Å². The fourth-order valence-electron chi connectivity index (χ4n) is 2.87. The van der Waals surface area contributed by atoms with E-state index in [9.17, 15) is 23.2 Å². The summed E-state index contributed by atoms with van der Waals surface area (Å²) in [5.41, 5.74) is 0.439. The van der Waals surface area contributed by atoms with Crippen molar-refractivity contribution in [2.24, 2.45) is 5.92 Å². The summed E-state index contributed by atoms with van der Waals surface area (Å²) < 4.78 is 27.3. The van der Waals surface area contributed by atoms with Crippen LogP contribution in [0.1, 0.15) is 23.7 Å². The number of hydrogen-bond donors (Lipinski definition) is 1. The van der Waals surface area contributed by atoms with Crippen LogP contribution in [0.4, 0.5) is 20.2 Å². The van der Waals surface area contributed by atoms with Crippen LogP contribution >= 0.6 is 0 Å². The second kappa shape index (κ2) is 7.03. The average molecular weight is 358 g/mol. The Hall–Kier alpha value is -3.09. The first-order valence-corrected chi connectivity index (χ1v) is 8.03. The van der Waals surface area contributed by atoms with Gasteiger partial charge in [-0.1, -0.05) is 18.2 Å². The highest BCUT2D eigenvalue weighted by molar-refractivity contribution is 6.04. The van der Waals surface area contributed by atoms with E-state index in [0.717, 1.165) is 12.1 Å². The van der Waals surface area contributed by atoms with Crippen LogP contribution in [0.15, 0.2) is 42.5 Å². The molecule has 0 saturated carbocycles. The molecule has 5 nitrogen and oxygen atoms in total. The van der Waals surface area contributed by atoms with E-state index < -0.39 is 29.1 Å². The molecule has 0 aromatic heterocycles. The van der Waals surface area contributed by atoms with Crippen LogP contribution in [-0.2, 0) is 9.59 Å². The van der Waals surface area contributed by atoms with E-state index in [2.05, 4.69) is 5.32 Å². The molecule has 2 aromatic carbocycles. The largest absolute Gasteiger partial charge is 0.321 e. The summed E-state index contributed by atoms with van der Waals surface area (Å²) in [6.07, 6.45) is -0.0772. The summed E-state index contributed by atoms with van der Waals surface area (Å²) in [5, 5.41) is 2.22. The first kappa shape index (κ1) is 17.7. The maximum Gasteiger partial charge on any atom is 0.229 e. The maximum absolute atomic E-state index is 13.7. The minimum atomic E-state index is -0.881. The first-order chi connectivity index (χ1) is 12.4. The normalized spacial score (nSPS) is 16.7. The molecule has 2 aromatic rings. The Labute approximate surface area is 148 Å². The molecule has 1 heterocycles. The average Bonchev–Trinajstić information content (AvgIpc) is 3.00. The van der Waals surface area contributed by atoms with Crippen LogP contribution < -0.4 is 10.2 Å². The lowest BCUT2D eigenvalue weighted by molar-refractivity contribution is -0.122. The molecule has 7 heteroatoms. The summed E-state index contributed by atoms with van der Waals surface area (Å²) >= 11 is 0. The van der Waals surface area contributed by atoms with Gasteiger partial charge in [0.05, 0.1) is 5.92 Å². The monoisotopic (exact) mass is 358 g/mol. The van der Waals surface area contributed by atoms with E-state index in [-0.39, 0.29) is 24.7 Å². The predicted octanol–water partition coefficient (Wildman–Crippen LogP) is 3.16. The van der Waals surface area contributed by atoms with E-state index in [1.165, 1.54) is 17.9 Å². The lowest BCUT2D eigenvalue weighted by Gasteiger charge is -2.17. The zero-order valence-electron chi connectivity index (χ0n) is 14.0. The quantitative estimate of drug-likeness (QED) is 0.854. The molecule has 2 amide bonds. The van der Waals surface area contributed by atoms with Gasteiger partial charge >= 0.3 is 0 Å². The molecule has 1 atom stereocenters. The van der Waals surface area contributed by atoms with Crippen LogP contribution in [0.25, 0.3) is 0 Å². The van der Waals surface area contributed by atoms with E-state index in [1.54, 1.807) is 24.3 Å². The van der Waals surface area contributed by atoms with Gasteiger partial charge in [0, 0.05) is 24.2 Å². The van der Waals surface area contributed by atoms with Crippen LogP contribution in [0.5, 0.6) is 0 Å². The SMILES string of the molecule is CC(=O)c1cccc(N2CC(C(=O)Nc3c(F)cccc3F)CC2=O)c1. The summed E-state index contributed by atoms with van der Waals surface area (Å²) in [6.45, 7) is 1.49. The molecule has 0 bridgehead atoms. The Morgan fingerprint density at radius 3 is 2.42 bits per heavy atom. The van der Waals surface area contributed by atoms with Gasteiger partial charge in [-0.05, 0) is 31.2 Å². The van der Waals surface area contributed by atoms with Crippen molar-refractivity contribution < 1.29 is 23.2 Å². The molecule has 3 rings (SSSR count). The fraction of sp³-hybridized carbons (Fsp3) is 0.211. The summed E-state index contributed by atoms with van der Waals surface area (Å²) in [6, 6.07) is 9.82. The number of carbonyl (C=O) groups excluding carboxylic acids is 3.